The van der Waals surface area contributed by atoms with Crippen LogP contribution in [0.1, 0.15) is 0 Å². The molecule has 0 unspecified atom stereocenters. The van der Waals surface area contributed by atoms with Gasteiger partial charge in [-0.2, -0.15) is 0 Å². The van der Waals surface area contributed by atoms with Crippen LogP contribution in [0.3, 0.4) is 0 Å². The van der Waals surface area contributed by atoms with Crippen molar-refractivity contribution >= 4 is 6.21 Å². The Hall–Kier alpha value is -0.570. The maximum atomic E-state index is 7.70. The van der Waals surface area contributed by atoms with Crippen molar-refractivity contribution < 1.29 is 10.3 Å². The van der Waals surface area contributed by atoms with Crippen LogP contribution in [-0.2, 0) is 0 Å². The zero-order chi connectivity index (χ0) is 4.12. The Morgan fingerprint density at radius 1 is 1.80 bits per heavy atom. The van der Waals surface area contributed by atoms with Gasteiger partial charge in [0.05, 0.1) is 6.61 Å². The second kappa shape index (κ2) is 3.43. The van der Waals surface area contributed by atoms with Crippen LogP contribution in [0, 0.1) is 0 Å². The van der Waals surface area contributed by atoms with Gasteiger partial charge < -0.3 is 10.3 Å². The van der Waals surface area contributed by atoms with E-state index in [2.05, 4.69) is 5.16 Å². The highest BCUT2D eigenvalue weighted by Gasteiger charge is 1.58. The molecule has 0 fully saturated rings. The lowest BCUT2D eigenvalue weighted by Gasteiger charge is -1.63. The van der Waals surface area contributed by atoms with Gasteiger partial charge in [-0.25, -0.2) is 0 Å². The zero-order valence-corrected chi connectivity index (χ0v) is 2.55. The summed E-state index contributed by atoms with van der Waals surface area (Å²) >= 11 is 0. The van der Waals surface area contributed by atoms with Gasteiger partial charge in [-0.1, -0.05) is 5.16 Å². The first kappa shape index (κ1) is 4.43. The molecule has 0 aromatic heterocycles. The fourth-order valence-electron chi connectivity index (χ4n) is 0.0316. The van der Waals surface area contributed by atoms with Crippen molar-refractivity contribution in [3.63, 3.8) is 0 Å². The van der Waals surface area contributed by atoms with Gasteiger partial charge in [-0.3, -0.25) is 0 Å². The number of hydrogen-bond donors (Lipinski definition) is 2. The van der Waals surface area contributed by atoms with E-state index in [-0.39, 0.29) is 6.61 Å². The average molecular weight is 74.1 g/mol. The predicted molar refractivity (Wildman–Crippen MR) is 16.3 cm³/mol. The molecule has 0 aliphatic heterocycles. The lowest BCUT2D eigenvalue weighted by Crippen LogP contribution is -1.78. The number of nitrogens with zero attached hydrogens (tertiary/aromatic N) is 1. The van der Waals surface area contributed by atoms with Crippen LogP contribution in [0.5, 0.6) is 0 Å². The maximum absolute atomic E-state index is 7.70. The number of hydrogen-bond acceptors (Lipinski definition) is 3. The molecule has 0 atom stereocenters. The Morgan fingerprint density at radius 2 is 2.40 bits per heavy atom. The summed E-state index contributed by atoms with van der Waals surface area (Å²) in [6, 6.07) is 0. The Labute approximate surface area is 29.5 Å². The molecule has 0 rings (SSSR count). The number of rotatable bonds is 1. The molecule has 0 saturated heterocycles. The van der Waals surface area contributed by atoms with Gasteiger partial charge in [0.25, 0.3) is 0 Å². The molecule has 0 aliphatic carbocycles. The van der Waals surface area contributed by atoms with Crippen LogP contribution >= 0.6 is 0 Å². The molecule has 0 spiro atoms. The van der Waals surface area contributed by atoms with Crippen molar-refractivity contribution in [3.8, 4) is 0 Å². The smallest absolute Gasteiger partial charge is 0.132 e. The van der Waals surface area contributed by atoms with E-state index < -0.39 is 0 Å². The van der Waals surface area contributed by atoms with E-state index in [0.29, 0.717) is 0 Å². The minimum absolute atomic E-state index is 0.323. The molecular formula is C2H4NO2. The molecule has 3 nitrogen and oxygen atoms in total. The summed E-state index contributed by atoms with van der Waals surface area (Å²) < 4.78 is 0. The summed E-state index contributed by atoms with van der Waals surface area (Å²) in [4.78, 5) is 0. The molecule has 5 heavy (non-hydrogen) atoms. The summed E-state index contributed by atoms with van der Waals surface area (Å²) in [5, 5.41) is 17.5. The molecule has 0 aromatic rings. The van der Waals surface area contributed by atoms with Gasteiger partial charge in [0, 0.05) is 0 Å². The van der Waals surface area contributed by atoms with Crippen LogP contribution in [0.2, 0.25) is 0 Å². The molecule has 0 heterocycles. The Kier molecular flexibility index (Phi) is 3.04. The third-order valence-corrected chi connectivity index (χ3v) is 0.141. The first-order valence-electron chi connectivity index (χ1n) is 1.09. The molecule has 0 aromatic carbocycles. The van der Waals surface area contributed by atoms with Gasteiger partial charge in [-0.15, -0.1) is 0 Å². The molecular weight excluding hydrogens is 70.0 g/mol. The van der Waals surface area contributed by atoms with E-state index in [0.717, 1.165) is 0 Å². The van der Waals surface area contributed by atoms with Gasteiger partial charge in [0.15, 0.2) is 0 Å². The van der Waals surface area contributed by atoms with Crippen molar-refractivity contribution in [2.24, 2.45) is 5.16 Å². The molecule has 0 amide bonds. The quantitative estimate of drug-likeness (QED) is 0.246. The molecule has 0 aliphatic rings. The van der Waals surface area contributed by atoms with Crippen molar-refractivity contribution in [1.82, 2.24) is 0 Å². The van der Waals surface area contributed by atoms with Crippen molar-refractivity contribution in [3.05, 3.63) is 0 Å². The highest BCUT2D eigenvalue weighted by molar-refractivity contribution is 5.56. The van der Waals surface area contributed by atoms with Gasteiger partial charge in [0.2, 0.25) is 0 Å². The Morgan fingerprint density at radius 3 is 2.40 bits per heavy atom. The lowest BCUT2D eigenvalue weighted by atomic mass is 10.8. The average Bonchev–Trinajstić information content (AvgIpc) is 1.41. The minimum Gasteiger partial charge on any atom is -0.411 e. The van der Waals surface area contributed by atoms with E-state index in [1.807, 2.05) is 6.21 Å². The monoisotopic (exact) mass is 74.0 g/mol. The van der Waals surface area contributed by atoms with E-state index in [1.54, 1.807) is 0 Å². The van der Waals surface area contributed by atoms with Gasteiger partial charge in [0.1, 0.15) is 6.21 Å². The molecule has 2 N–H and O–H groups in total. The summed E-state index contributed by atoms with van der Waals surface area (Å²) in [5.74, 6) is 0. The first-order chi connectivity index (χ1) is 2.41. The van der Waals surface area contributed by atoms with Crippen LogP contribution in [0.4, 0.5) is 0 Å². The normalized spacial score (nSPS) is 9.80. The van der Waals surface area contributed by atoms with Crippen molar-refractivity contribution in [1.29, 1.82) is 0 Å². The van der Waals surface area contributed by atoms with E-state index in [1.165, 1.54) is 0 Å². The number of aliphatic hydroxyl groups is 1. The Bertz CT molecular complexity index is 34.6. The fraction of sp³-hybridized carbons (Fsp3) is 0.500. The molecule has 0 saturated carbocycles. The maximum Gasteiger partial charge on any atom is 0.132 e. The standard InChI is InChI=1S/C2H4NO2/c4-2-1-3-5/h4-5H,2H2. The molecule has 29 valence electrons. The topological polar surface area (TPSA) is 52.8 Å². The van der Waals surface area contributed by atoms with Crippen LogP contribution in [0.25, 0.3) is 0 Å². The van der Waals surface area contributed by atoms with E-state index in [4.69, 9.17) is 10.3 Å². The molecule has 1 radical (unpaired) electrons. The van der Waals surface area contributed by atoms with Gasteiger partial charge in [-0.05, 0) is 0 Å². The summed E-state index contributed by atoms with van der Waals surface area (Å²) in [6.07, 6.45) is 1.85. The largest absolute Gasteiger partial charge is 0.411 e. The molecule has 0 bridgehead atoms. The highest BCUT2D eigenvalue weighted by atomic mass is 16.4. The SMILES string of the molecule is OC[C]=NO. The van der Waals surface area contributed by atoms with E-state index >= 15 is 0 Å². The summed E-state index contributed by atoms with van der Waals surface area (Å²) in [6.45, 7) is -0.323. The second-order valence-electron chi connectivity index (χ2n) is 0.416. The Balaban J connectivity index is 2.62. The van der Waals surface area contributed by atoms with Crippen LogP contribution < -0.4 is 0 Å². The van der Waals surface area contributed by atoms with Gasteiger partial charge >= 0.3 is 0 Å². The van der Waals surface area contributed by atoms with Crippen molar-refractivity contribution in [2.45, 2.75) is 0 Å². The van der Waals surface area contributed by atoms with Crippen LogP contribution in [-0.4, -0.2) is 23.1 Å². The minimum atomic E-state index is -0.323. The predicted octanol–water partition coefficient (Wildman–Crippen LogP) is -0.684. The van der Waals surface area contributed by atoms with E-state index in [9.17, 15) is 0 Å². The summed E-state index contributed by atoms with van der Waals surface area (Å²) in [7, 11) is 0. The molecule has 3 heteroatoms. The van der Waals surface area contributed by atoms with Crippen LogP contribution in [0.15, 0.2) is 5.16 Å². The second-order valence-corrected chi connectivity index (χ2v) is 0.416. The highest BCUT2D eigenvalue weighted by Crippen LogP contribution is 1.43. The first-order valence-corrected chi connectivity index (χ1v) is 1.09. The summed E-state index contributed by atoms with van der Waals surface area (Å²) in [5.41, 5.74) is 0. The zero-order valence-electron chi connectivity index (χ0n) is 2.55. The van der Waals surface area contributed by atoms with Crippen molar-refractivity contribution in [2.75, 3.05) is 6.61 Å². The number of aliphatic hydroxyl groups excluding tert-OH is 1. The third kappa shape index (κ3) is 3.43. The lowest BCUT2D eigenvalue weighted by molar-refractivity contribution is 0.308. The fourth-order valence-corrected chi connectivity index (χ4v) is 0.0316. The third-order valence-electron chi connectivity index (χ3n) is 0.141.